The van der Waals surface area contributed by atoms with E-state index < -0.39 is 0 Å². The van der Waals surface area contributed by atoms with E-state index in [9.17, 15) is 0 Å². The molecule has 0 radical (unpaired) electrons. The van der Waals surface area contributed by atoms with Crippen LogP contribution in [0.5, 0.6) is 0 Å². The second kappa shape index (κ2) is 7.32. The molecule has 1 saturated heterocycles. The van der Waals surface area contributed by atoms with Gasteiger partial charge in [0.1, 0.15) is 11.3 Å². The van der Waals surface area contributed by atoms with Crippen molar-refractivity contribution in [2.24, 2.45) is 5.11 Å². The third kappa shape index (κ3) is 3.48. The molecule has 1 fully saturated rings. The van der Waals surface area contributed by atoms with Crippen LogP contribution in [-0.2, 0) is 0 Å². The molecule has 0 spiro atoms. The molecular weight excluding hydrogens is 340 g/mol. The molecule has 2 aromatic heterocycles. The van der Waals surface area contributed by atoms with Crippen LogP contribution in [0.25, 0.3) is 22.2 Å². The van der Waals surface area contributed by atoms with Crippen LogP contribution in [0.3, 0.4) is 0 Å². The Hall–Kier alpha value is -3.00. The summed E-state index contributed by atoms with van der Waals surface area (Å²) in [6, 6.07) is 6.21. The molecule has 27 heavy (non-hydrogen) atoms. The van der Waals surface area contributed by atoms with Gasteiger partial charge < -0.3 is 20.5 Å². The molecule has 0 atom stereocenters. The number of nitrogens with one attached hydrogen (secondary N) is 4. The van der Waals surface area contributed by atoms with E-state index in [0.29, 0.717) is 17.7 Å². The lowest BCUT2D eigenvalue weighted by molar-refractivity contribution is 0.263. The van der Waals surface area contributed by atoms with Crippen LogP contribution in [0, 0.1) is 5.53 Å². The first-order valence-corrected chi connectivity index (χ1v) is 9.17. The van der Waals surface area contributed by atoms with Gasteiger partial charge in [-0.05, 0) is 50.7 Å². The summed E-state index contributed by atoms with van der Waals surface area (Å²) >= 11 is 0. The zero-order chi connectivity index (χ0) is 18.8. The van der Waals surface area contributed by atoms with E-state index in [2.05, 4.69) is 42.6 Å². The van der Waals surface area contributed by atoms with Gasteiger partial charge in [-0.3, -0.25) is 0 Å². The van der Waals surface area contributed by atoms with Crippen molar-refractivity contribution in [3.63, 3.8) is 0 Å². The molecule has 4 N–H and O–H groups in total. The van der Waals surface area contributed by atoms with Crippen molar-refractivity contribution in [3.8, 4) is 11.1 Å². The Morgan fingerprint density at radius 2 is 2.11 bits per heavy atom. The molecule has 8 nitrogen and oxygen atoms in total. The molecule has 0 unspecified atom stereocenters. The normalized spacial score (nSPS) is 15.8. The Balaban J connectivity index is 1.60. The lowest BCUT2D eigenvalue weighted by Crippen LogP contribution is -2.37. The molecule has 3 heterocycles. The number of aromatic nitrogens is 3. The van der Waals surface area contributed by atoms with E-state index in [1.165, 1.54) is 0 Å². The predicted octanol–water partition coefficient (Wildman–Crippen LogP) is 3.84. The van der Waals surface area contributed by atoms with E-state index >= 15 is 0 Å². The van der Waals surface area contributed by atoms with Gasteiger partial charge in [0.2, 0.25) is 5.95 Å². The fourth-order valence-corrected chi connectivity index (χ4v) is 3.55. The average Bonchev–Trinajstić information content (AvgIpc) is 3.12. The second-order valence-electron chi connectivity index (χ2n) is 6.97. The summed E-state index contributed by atoms with van der Waals surface area (Å²) in [6.45, 7) is 2.20. The molecule has 1 aliphatic rings. The third-order valence-electron chi connectivity index (χ3n) is 5.18. The Morgan fingerprint density at radius 1 is 1.30 bits per heavy atom. The molecule has 0 bridgehead atoms. The Labute approximate surface area is 157 Å². The highest BCUT2D eigenvalue weighted by molar-refractivity contribution is 5.94. The number of fused-ring (bicyclic) bond motifs is 1. The topological polar surface area (TPSA) is 105 Å². The third-order valence-corrected chi connectivity index (χ3v) is 5.18. The van der Waals surface area contributed by atoms with E-state index in [1.807, 2.05) is 37.6 Å². The van der Waals surface area contributed by atoms with Gasteiger partial charge in [0.15, 0.2) is 0 Å². The fraction of sp³-hybridized carbons (Fsp3) is 0.368. The molecule has 3 aromatic rings. The van der Waals surface area contributed by atoms with Crippen molar-refractivity contribution in [1.29, 1.82) is 5.53 Å². The SMILES string of the molecule is CNc1cc(-c2c[nH]c3nc(NC4CCN(C)CC4)ncc23)ccc1N=N. The van der Waals surface area contributed by atoms with Crippen LogP contribution in [0.1, 0.15) is 12.8 Å². The summed E-state index contributed by atoms with van der Waals surface area (Å²) in [5, 5.41) is 11.1. The van der Waals surface area contributed by atoms with Gasteiger partial charge >= 0.3 is 0 Å². The van der Waals surface area contributed by atoms with Gasteiger partial charge in [0, 0.05) is 36.4 Å². The van der Waals surface area contributed by atoms with E-state index in [1.54, 1.807) is 0 Å². The number of hydrogen-bond acceptors (Lipinski definition) is 7. The zero-order valence-corrected chi connectivity index (χ0v) is 15.6. The maximum Gasteiger partial charge on any atom is 0.224 e. The van der Waals surface area contributed by atoms with Crippen LogP contribution in [-0.4, -0.2) is 53.1 Å². The summed E-state index contributed by atoms with van der Waals surface area (Å²) in [7, 11) is 3.98. The van der Waals surface area contributed by atoms with E-state index in [-0.39, 0.29) is 0 Å². The minimum atomic E-state index is 0.424. The molecule has 0 amide bonds. The van der Waals surface area contributed by atoms with Gasteiger partial charge in [-0.25, -0.2) is 10.5 Å². The minimum absolute atomic E-state index is 0.424. The molecule has 0 aliphatic carbocycles. The summed E-state index contributed by atoms with van der Waals surface area (Å²) in [5.74, 6) is 0.671. The first-order valence-electron chi connectivity index (χ1n) is 9.17. The standard InChI is InChI=1S/C19H24N8/c1-21-17-9-12(3-4-16(17)26-20)14-10-22-18-15(14)11-23-19(25-18)24-13-5-7-27(2)8-6-13/h3-4,9-11,13,20-21H,5-8H2,1-2H3,(H2,22,23,24,25). The van der Waals surface area contributed by atoms with Crippen LogP contribution in [0.4, 0.5) is 17.3 Å². The number of likely N-dealkylation sites (tertiary alicyclic amines) is 1. The highest BCUT2D eigenvalue weighted by Crippen LogP contribution is 2.34. The smallest absolute Gasteiger partial charge is 0.224 e. The maximum absolute atomic E-state index is 7.25. The number of rotatable bonds is 5. The largest absolute Gasteiger partial charge is 0.386 e. The molecule has 0 saturated carbocycles. The second-order valence-corrected chi connectivity index (χ2v) is 6.97. The number of hydrogen-bond donors (Lipinski definition) is 4. The Bertz CT molecular complexity index is 955. The van der Waals surface area contributed by atoms with Gasteiger partial charge in [0.25, 0.3) is 0 Å². The molecule has 8 heteroatoms. The summed E-state index contributed by atoms with van der Waals surface area (Å²) < 4.78 is 0. The number of anilines is 2. The lowest BCUT2D eigenvalue weighted by atomic mass is 10.0. The molecule has 4 rings (SSSR count). The molecular formula is C19H24N8. The lowest BCUT2D eigenvalue weighted by Gasteiger charge is -2.29. The number of piperidine rings is 1. The van der Waals surface area contributed by atoms with E-state index in [0.717, 1.165) is 53.8 Å². The minimum Gasteiger partial charge on any atom is -0.386 e. The average molecular weight is 364 g/mol. The van der Waals surface area contributed by atoms with Crippen LogP contribution < -0.4 is 10.6 Å². The summed E-state index contributed by atoms with van der Waals surface area (Å²) in [5.41, 5.74) is 11.6. The van der Waals surface area contributed by atoms with Crippen LogP contribution >= 0.6 is 0 Å². The van der Waals surface area contributed by atoms with Gasteiger partial charge in [-0.1, -0.05) is 6.07 Å². The van der Waals surface area contributed by atoms with E-state index in [4.69, 9.17) is 5.53 Å². The first kappa shape index (κ1) is 17.4. The zero-order valence-electron chi connectivity index (χ0n) is 15.6. The highest BCUT2D eigenvalue weighted by Gasteiger charge is 2.18. The first-order chi connectivity index (χ1) is 13.2. The van der Waals surface area contributed by atoms with Crippen LogP contribution in [0.2, 0.25) is 0 Å². The van der Waals surface area contributed by atoms with Crippen molar-refractivity contribution in [2.75, 3.05) is 37.8 Å². The number of nitrogens with zero attached hydrogens (tertiary/aromatic N) is 4. The molecule has 1 aromatic carbocycles. The van der Waals surface area contributed by atoms with Gasteiger partial charge in [-0.2, -0.15) is 10.1 Å². The van der Waals surface area contributed by atoms with Crippen molar-refractivity contribution >= 4 is 28.4 Å². The number of aromatic amines is 1. The Morgan fingerprint density at radius 3 is 2.85 bits per heavy atom. The van der Waals surface area contributed by atoms with Crippen LogP contribution in [0.15, 0.2) is 35.7 Å². The molecule has 140 valence electrons. The van der Waals surface area contributed by atoms with Crippen molar-refractivity contribution in [1.82, 2.24) is 19.9 Å². The van der Waals surface area contributed by atoms with Crippen molar-refractivity contribution in [3.05, 3.63) is 30.6 Å². The maximum atomic E-state index is 7.25. The van der Waals surface area contributed by atoms with Gasteiger partial charge in [-0.15, -0.1) is 0 Å². The predicted molar refractivity (Wildman–Crippen MR) is 108 cm³/mol. The fourth-order valence-electron chi connectivity index (χ4n) is 3.55. The summed E-state index contributed by atoms with van der Waals surface area (Å²) in [4.78, 5) is 14.8. The van der Waals surface area contributed by atoms with Crippen molar-refractivity contribution in [2.45, 2.75) is 18.9 Å². The Kier molecular flexibility index (Phi) is 4.72. The quantitative estimate of drug-likeness (QED) is 0.515. The van der Waals surface area contributed by atoms with Gasteiger partial charge in [0.05, 0.1) is 5.69 Å². The molecule has 1 aliphatic heterocycles. The number of benzene rings is 1. The number of H-pyrrole nitrogens is 1. The van der Waals surface area contributed by atoms with Crippen molar-refractivity contribution < 1.29 is 0 Å². The monoisotopic (exact) mass is 364 g/mol. The summed E-state index contributed by atoms with van der Waals surface area (Å²) in [6.07, 6.45) is 6.03. The highest BCUT2D eigenvalue weighted by atomic mass is 15.2.